The summed E-state index contributed by atoms with van der Waals surface area (Å²) in [5.41, 5.74) is 2.12. The number of nitriles is 1. The van der Waals surface area contributed by atoms with Gasteiger partial charge in [-0.1, -0.05) is 12.1 Å². The average molecular weight is 266 g/mol. The molecule has 2 N–H and O–H groups in total. The van der Waals surface area contributed by atoms with Gasteiger partial charge >= 0.3 is 0 Å². The van der Waals surface area contributed by atoms with Crippen molar-refractivity contribution >= 4 is 11.6 Å². The molecule has 2 aromatic rings. The third kappa shape index (κ3) is 4.10. The predicted molar refractivity (Wildman–Crippen MR) is 75.7 cm³/mol. The third-order valence-electron chi connectivity index (χ3n) is 2.64. The Morgan fingerprint density at radius 1 is 1.25 bits per heavy atom. The van der Waals surface area contributed by atoms with Gasteiger partial charge in [0.1, 0.15) is 0 Å². The SMILES string of the molecule is N#Cc1cccc(NCC(=O)NCc2ccccn2)c1. The van der Waals surface area contributed by atoms with Crippen LogP contribution in [0.4, 0.5) is 5.69 Å². The molecule has 0 aliphatic rings. The Morgan fingerprint density at radius 3 is 2.90 bits per heavy atom. The third-order valence-corrected chi connectivity index (χ3v) is 2.64. The minimum Gasteiger partial charge on any atom is -0.376 e. The molecule has 1 heterocycles. The molecule has 5 nitrogen and oxygen atoms in total. The van der Waals surface area contributed by atoms with E-state index in [4.69, 9.17) is 5.26 Å². The lowest BCUT2D eigenvalue weighted by Crippen LogP contribution is -2.29. The van der Waals surface area contributed by atoms with Gasteiger partial charge in [0.2, 0.25) is 5.91 Å². The van der Waals surface area contributed by atoms with Crippen LogP contribution >= 0.6 is 0 Å². The van der Waals surface area contributed by atoms with Crippen molar-refractivity contribution in [3.8, 4) is 6.07 Å². The number of nitrogens with zero attached hydrogens (tertiary/aromatic N) is 2. The summed E-state index contributed by atoms with van der Waals surface area (Å²) in [6.07, 6.45) is 1.69. The molecule has 0 fully saturated rings. The maximum absolute atomic E-state index is 11.7. The number of carbonyl (C=O) groups is 1. The molecule has 1 aromatic carbocycles. The molecule has 1 amide bonds. The first-order valence-electron chi connectivity index (χ1n) is 6.18. The van der Waals surface area contributed by atoms with Gasteiger partial charge in [0, 0.05) is 11.9 Å². The molecule has 0 bridgehead atoms. The van der Waals surface area contributed by atoms with Crippen LogP contribution in [-0.4, -0.2) is 17.4 Å². The summed E-state index contributed by atoms with van der Waals surface area (Å²) in [6, 6.07) is 14.6. The smallest absolute Gasteiger partial charge is 0.239 e. The second-order valence-corrected chi connectivity index (χ2v) is 4.14. The Kier molecular flexibility index (Phi) is 4.68. The lowest BCUT2D eigenvalue weighted by molar-refractivity contribution is -0.119. The second-order valence-electron chi connectivity index (χ2n) is 4.14. The van der Waals surface area contributed by atoms with E-state index in [1.807, 2.05) is 24.3 Å². The van der Waals surface area contributed by atoms with E-state index in [1.165, 1.54) is 0 Å². The molecule has 0 saturated carbocycles. The maximum atomic E-state index is 11.7. The Bertz CT molecular complexity index is 619. The average Bonchev–Trinajstić information content (AvgIpc) is 2.52. The molecule has 5 heteroatoms. The van der Waals surface area contributed by atoms with E-state index >= 15 is 0 Å². The van der Waals surface area contributed by atoms with Gasteiger partial charge in [0.15, 0.2) is 0 Å². The quantitative estimate of drug-likeness (QED) is 0.863. The molecule has 0 aliphatic heterocycles. The summed E-state index contributed by atoms with van der Waals surface area (Å²) in [6.45, 7) is 0.557. The number of nitrogens with one attached hydrogen (secondary N) is 2. The van der Waals surface area contributed by atoms with Gasteiger partial charge in [0.25, 0.3) is 0 Å². The van der Waals surface area contributed by atoms with Crippen LogP contribution in [0.1, 0.15) is 11.3 Å². The fourth-order valence-corrected chi connectivity index (χ4v) is 1.64. The molecule has 0 aliphatic carbocycles. The molecule has 2 rings (SSSR count). The molecular formula is C15H14N4O. The van der Waals surface area contributed by atoms with E-state index in [0.29, 0.717) is 12.1 Å². The van der Waals surface area contributed by atoms with Crippen LogP contribution in [0.3, 0.4) is 0 Å². The number of anilines is 1. The first-order valence-corrected chi connectivity index (χ1v) is 6.18. The molecule has 100 valence electrons. The van der Waals surface area contributed by atoms with Crippen molar-refractivity contribution in [2.24, 2.45) is 0 Å². The van der Waals surface area contributed by atoms with E-state index in [0.717, 1.165) is 11.4 Å². The topological polar surface area (TPSA) is 77.8 Å². The van der Waals surface area contributed by atoms with Crippen LogP contribution in [0.25, 0.3) is 0 Å². The van der Waals surface area contributed by atoms with Crippen molar-refractivity contribution in [3.63, 3.8) is 0 Å². The van der Waals surface area contributed by atoms with E-state index in [9.17, 15) is 4.79 Å². The Morgan fingerprint density at radius 2 is 2.15 bits per heavy atom. The summed E-state index contributed by atoms with van der Waals surface area (Å²) in [4.78, 5) is 15.8. The molecule has 1 aromatic heterocycles. The molecule has 20 heavy (non-hydrogen) atoms. The molecule has 0 radical (unpaired) electrons. The number of aromatic nitrogens is 1. The number of rotatable bonds is 5. The van der Waals surface area contributed by atoms with Crippen LogP contribution in [0.15, 0.2) is 48.7 Å². The fraction of sp³-hybridized carbons (Fsp3) is 0.133. The van der Waals surface area contributed by atoms with Crippen molar-refractivity contribution in [3.05, 3.63) is 59.9 Å². The highest BCUT2D eigenvalue weighted by Crippen LogP contribution is 2.08. The summed E-state index contributed by atoms with van der Waals surface area (Å²) < 4.78 is 0. The molecular weight excluding hydrogens is 252 g/mol. The van der Waals surface area contributed by atoms with Gasteiger partial charge in [-0.2, -0.15) is 5.26 Å². The van der Waals surface area contributed by atoms with Crippen LogP contribution in [-0.2, 0) is 11.3 Å². The highest BCUT2D eigenvalue weighted by molar-refractivity contribution is 5.80. The van der Waals surface area contributed by atoms with Gasteiger partial charge < -0.3 is 10.6 Å². The van der Waals surface area contributed by atoms with Crippen molar-refractivity contribution in [1.82, 2.24) is 10.3 Å². The first-order chi connectivity index (χ1) is 9.78. The highest BCUT2D eigenvalue weighted by Gasteiger charge is 2.02. The van der Waals surface area contributed by atoms with Gasteiger partial charge in [-0.15, -0.1) is 0 Å². The largest absolute Gasteiger partial charge is 0.376 e. The first kappa shape index (κ1) is 13.6. The van der Waals surface area contributed by atoms with Gasteiger partial charge in [0.05, 0.1) is 30.4 Å². The number of hydrogen-bond acceptors (Lipinski definition) is 4. The van der Waals surface area contributed by atoms with Gasteiger partial charge in [-0.25, -0.2) is 0 Å². The Hall–Kier alpha value is -2.87. The Balaban J connectivity index is 1.79. The number of carbonyl (C=O) groups excluding carboxylic acids is 1. The van der Waals surface area contributed by atoms with Crippen LogP contribution < -0.4 is 10.6 Å². The molecule has 0 atom stereocenters. The number of pyridine rings is 1. The van der Waals surface area contributed by atoms with Crippen LogP contribution in [0, 0.1) is 11.3 Å². The monoisotopic (exact) mass is 266 g/mol. The zero-order chi connectivity index (χ0) is 14.2. The van der Waals surface area contributed by atoms with Crippen LogP contribution in [0.5, 0.6) is 0 Å². The summed E-state index contributed by atoms with van der Waals surface area (Å²) in [5.74, 6) is -0.127. The minimum atomic E-state index is -0.127. The molecule has 0 spiro atoms. The molecule has 0 unspecified atom stereocenters. The van der Waals surface area contributed by atoms with Crippen molar-refractivity contribution < 1.29 is 4.79 Å². The van der Waals surface area contributed by atoms with Gasteiger partial charge in [-0.05, 0) is 30.3 Å². The van der Waals surface area contributed by atoms with E-state index in [1.54, 1.807) is 24.4 Å². The fourth-order valence-electron chi connectivity index (χ4n) is 1.64. The normalized spacial score (nSPS) is 9.55. The van der Waals surface area contributed by atoms with E-state index < -0.39 is 0 Å². The Labute approximate surface area is 117 Å². The number of hydrogen-bond donors (Lipinski definition) is 2. The zero-order valence-electron chi connectivity index (χ0n) is 10.8. The summed E-state index contributed by atoms with van der Waals surface area (Å²) >= 11 is 0. The van der Waals surface area contributed by atoms with Crippen molar-refractivity contribution in [2.75, 3.05) is 11.9 Å². The number of amides is 1. The zero-order valence-corrected chi connectivity index (χ0v) is 10.8. The van der Waals surface area contributed by atoms with Crippen molar-refractivity contribution in [1.29, 1.82) is 5.26 Å². The summed E-state index contributed by atoms with van der Waals surface area (Å²) in [7, 11) is 0. The molecule has 0 saturated heterocycles. The summed E-state index contributed by atoms with van der Waals surface area (Å²) in [5, 5.41) is 14.5. The lowest BCUT2D eigenvalue weighted by atomic mass is 10.2. The standard InChI is InChI=1S/C15H14N4O/c16-9-12-4-3-6-13(8-12)18-11-15(20)19-10-14-5-1-2-7-17-14/h1-8,18H,10-11H2,(H,19,20). The predicted octanol–water partition coefficient (Wildman–Crippen LogP) is 1.68. The minimum absolute atomic E-state index is 0.127. The van der Waals surface area contributed by atoms with E-state index in [2.05, 4.69) is 21.7 Å². The van der Waals surface area contributed by atoms with Crippen LogP contribution in [0.2, 0.25) is 0 Å². The van der Waals surface area contributed by atoms with Gasteiger partial charge in [-0.3, -0.25) is 9.78 Å². The van der Waals surface area contributed by atoms with E-state index in [-0.39, 0.29) is 12.5 Å². The number of benzene rings is 1. The second kappa shape index (κ2) is 6.90. The maximum Gasteiger partial charge on any atom is 0.239 e. The van der Waals surface area contributed by atoms with Crippen molar-refractivity contribution in [2.45, 2.75) is 6.54 Å². The highest BCUT2D eigenvalue weighted by atomic mass is 16.1. The lowest BCUT2D eigenvalue weighted by Gasteiger charge is -2.07.